The molecule has 0 unspecified atom stereocenters. The second-order valence-electron chi connectivity index (χ2n) is 5.28. The Morgan fingerprint density at radius 2 is 1.64 bits per heavy atom. The van der Waals surface area contributed by atoms with Crippen molar-refractivity contribution in [1.82, 2.24) is 0 Å². The number of ketones is 1. The van der Waals surface area contributed by atoms with E-state index >= 15 is 0 Å². The normalized spacial score (nSPS) is 11.8. The first-order valence-corrected chi connectivity index (χ1v) is 7.74. The summed E-state index contributed by atoms with van der Waals surface area (Å²) in [7, 11) is 3.12. The van der Waals surface area contributed by atoms with Crippen molar-refractivity contribution >= 4 is 17.8 Å². The van der Waals surface area contributed by atoms with Crippen LogP contribution < -0.4 is 9.47 Å². The molecule has 0 heterocycles. The molecule has 2 aromatic rings. The number of Topliss-reactive ketones (excluding diaryl/α,β-unsaturated/α-hetero) is 1. The Labute approximate surface area is 146 Å². The predicted molar refractivity (Wildman–Crippen MR) is 94.9 cm³/mol. The number of benzene rings is 2. The number of rotatable bonds is 7. The average molecular weight is 340 g/mol. The molecule has 2 aromatic carbocycles. The van der Waals surface area contributed by atoms with Gasteiger partial charge in [0.1, 0.15) is 11.5 Å². The van der Waals surface area contributed by atoms with Gasteiger partial charge in [-0.05, 0) is 55.0 Å². The molecule has 2 rings (SSSR count). The standard InChI is InChI=1S/C20H20O5/c1-14(20(22)16-8-10-17(23-2)11-9-16)25-19(21)12-7-15-5-4-6-18(13-15)24-3/h4-14H,1-3H3/b12-7+/t14-/m1/s1. The first kappa shape index (κ1) is 18.3. The van der Waals surface area contributed by atoms with Gasteiger partial charge in [-0.3, -0.25) is 4.79 Å². The highest BCUT2D eigenvalue weighted by Crippen LogP contribution is 2.15. The Balaban J connectivity index is 1.96. The molecule has 0 fully saturated rings. The third-order valence-corrected chi connectivity index (χ3v) is 3.54. The molecule has 0 N–H and O–H groups in total. The molecule has 0 spiro atoms. The number of methoxy groups -OCH3 is 2. The fraction of sp³-hybridized carbons (Fsp3) is 0.200. The van der Waals surface area contributed by atoms with E-state index in [2.05, 4.69) is 0 Å². The quantitative estimate of drug-likeness (QED) is 0.438. The highest BCUT2D eigenvalue weighted by Gasteiger charge is 2.18. The van der Waals surface area contributed by atoms with Crippen molar-refractivity contribution in [2.75, 3.05) is 14.2 Å². The predicted octanol–water partition coefficient (Wildman–Crippen LogP) is 3.53. The van der Waals surface area contributed by atoms with Crippen LogP contribution in [0.15, 0.2) is 54.6 Å². The van der Waals surface area contributed by atoms with E-state index in [1.54, 1.807) is 57.6 Å². The fourth-order valence-electron chi connectivity index (χ4n) is 2.17. The van der Waals surface area contributed by atoms with E-state index < -0.39 is 12.1 Å². The third-order valence-electron chi connectivity index (χ3n) is 3.54. The van der Waals surface area contributed by atoms with Crippen LogP contribution in [0.2, 0.25) is 0 Å². The van der Waals surface area contributed by atoms with Crippen molar-refractivity contribution in [2.24, 2.45) is 0 Å². The molecule has 0 aliphatic heterocycles. The van der Waals surface area contributed by atoms with E-state index in [-0.39, 0.29) is 5.78 Å². The van der Waals surface area contributed by atoms with Crippen LogP contribution in [0.3, 0.4) is 0 Å². The third kappa shape index (κ3) is 5.21. The van der Waals surface area contributed by atoms with Crippen molar-refractivity contribution in [3.05, 3.63) is 65.7 Å². The van der Waals surface area contributed by atoms with Gasteiger partial charge in [0.25, 0.3) is 0 Å². The maximum atomic E-state index is 12.3. The number of esters is 1. The van der Waals surface area contributed by atoms with Gasteiger partial charge in [-0.25, -0.2) is 4.79 Å². The summed E-state index contributed by atoms with van der Waals surface area (Å²) in [5.41, 5.74) is 1.25. The first-order valence-electron chi connectivity index (χ1n) is 7.74. The summed E-state index contributed by atoms with van der Waals surface area (Å²) in [6.07, 6.45) is 2.01. The van der Waals surface area contributed by atoms with Gasteiger partial charge in [-0.15, -0.1) is 0 Å². The molecule has 0 saturated heterocycles. The summed E-state index contributed by atoms with van der Waals surface area (Å²) in [5.74, 6) is 0.490. The second kappa shape index (κ2) is 8.68. The lowest BCUT2D eigenvalue weighted by molar-refractivity contribution is -0.140. The monoisotopic (exact) mass is 340 g/mol. The molecule has 0 aliphatic rings. The number of hydrogen-bond donors (Lipinski definition) is 0. The average Bonchev–Trinajstić information content (AvgIpc) is 2.66. The summed E-state index contributed by atoms with van der Waals surface area (Å²) in [5, 5.41) is 0. The van der Waals surface area contributed by atoms with E-state index in [1.165, 1.54) is 6.08 Å². The molecule has 5 heteroatoms. The van der Waals surface area contributed by atoms with Crippen LogP contribution in [0.4, 0.5) is 0 Å². The van der Waals surface area contributed by atoms with E-state index in [9.17, 15) is 9.59 Å². The SMILES string of the molecule is COc1ccc(C(=O)[C@@H](C)OC(=O)/C=C/c2cccc(OC)c2)cc1. The maximum Gasteiger partial charge on any atom is 0.331 e. The Morgan fingerprint density at radius 3 is 2.28 bits per heavy atom. The van der Waals surface area contributed by atoms with Crippen LogP contribution in [0.5, 0.6) is 11.5 Å². The molecule has 0 amide bonds. The number of carbonyl (C=O) groups is 2. The fourth-order valence-corrected chi connectivity index (χ4v) is 2.17. The van der Waals surface area contributed by atoms with Crippen LogP contribution >= 0.6 is 0 Å². The minimum Gasteiger partial charge on any atom is -0.497 e. The zero-order chi connectivity index (χ0) is 18.2. The van der Waals surface area contributed by atoms with Crippen molar-refractivity contribution in [3.63, 3.8) is 0 Å². The minimum absolute atomic E-state index is 0.272. The van der Waals surface area contributed by atoms with Crippen LogP contribution in [-0.4, -0.2) is 32.1 Å². The topological polar surface area (TPSA) is 61.8 Å². The molecule has 130 valence electrons. The van der Waals surface area contributed by atoms with Gasteiger partial charge in [0, 0.05) is 11.6 Å². The van der Waals surface area contributed by atoms with Gasteiger partial charge in [0.2, 0.25) is 5.78 Å². The summed E-state index contributed by atoms with van der Waals surface area (Å²) < 4.78 is 15.3. The zero-order valence-corrected chi connectivity index (χ0v) is 14.4. The molecule has 0 aliphatic carbocycles. The van der Waals surface area contributed by atoms with Crippen molar-refractivity contribution in [3.8, 4) is 11.5 Å². The van der Waals surface area contributed by atoms with E-state index in [0.717, 1.165) is 5.56 Å². The Hall–Kier alpha value is -3.08. The van der Waals surface area contributed by atoms with Gasteiger partial charge in [-0.1, -0.05) is 12.1 Å². The van der Waals surface area contributed by atoms with Crippen LogP contribution in [-0.2, 0) is 9.53 Å². The molecular weight excluding hydrogens is 320 g/mol. The van der Waals surface area contributed by atoms with Gasteiger partial charge in [0.15, 0.2) is 6.10 Å². The van der Waals surface area contributed by atoms with Crippen LogP contribution in [0, 0.1) is 0 Å². The second-order valence-corrected chi connectivity index (χ2v) is 5.28. The number of hydrogen-bond acceptors (Lipinski definition) is 5. The number of ether oxygens (including phenoxy) is 3. The summed E-state index contributed by atoms with van der Waals surface area (Å²) in [6, 6.07) is 13.9. The van der Waals surface area contributed by atoms with Gasteiger partial charge >= 0.3 is 5.97 Å². The van der Waals surface area contributed by atoms with E-state index in [0.29, 0.717) is 17.1 Å². The number of carbonyl (C=O) groups excluding carboxylic acids is 2. The first-order chi connectivity index (χ1) is 12.0. The smallest absolute Gasteiger partial charge is 0.331 e. The molecule has 0 aromatic heterocycles. The highest BCUT2D eigenvalue weighted by atomic mass is 16.5. The highest BCUT2D eigenvalue weighted by molar-refractivity contribution is 6.01. The Bertz CT molecular complexity index is 762. The van der Waals surface area contributed by atoms with Crippen LogP contribution in [0.25, 0.3) is 6.08 Å². The van der Waals surface area contributed by atoms with Crippen molar-refractivity contribution < 1.29 is 23.8 Å². The molecule has 0 saturated carbocycles. The largest absolute Gasteiger partial charge is 0.497 e. The lowest BCUT2D eigenvalue weighted by Gasteiger charge is -2.11. The lowest BCUT2D eigenvalue weighted by atomic mass is 10.1. The molecule has 1 atom stereocenters. The Kier molecular flexibility index (Phi) is 6.34. The van der Waals surface area contributed by atoms with Crippen molar-refractivity contribution in [2.45, 2.75) is 13.0 Å². The summed E-state index contributed by atoms with van der Waals surface area (Å²) >= 11 is 0. The van der Waals surface area contributed by atoms with Gasteiger partial charge in [-0.2, -0.15) is 0 Å². The van der Waals surface area contributed by atoms with E-state index in [4.69, 9.17) is 14.2 Å². The zero-order valence-electron chi connectivity index (χ0n) is 14.4. The lowest BCUT2D eigenvalue weighted by Crippen LogP contribution is -2.23. The minimum atomic E-state index is -0.879. The van der Waals surface area contributed by atoms with Gasteiger partial charge in [0.05, 0.1) is 14.2 Å². The van der Waals surface area contributed by atoms with Crippen molar-refractivity contribution in [1.29, 1.82) is 0 Å². The summed E-state index contributed by atoms with van der Waals surface area (Å²) in [6.45, 7) is 1.55. The van der Waals surface area contributed by atoms with E-state index in [1.807, 2.05) is 18.2 Å². The van der Waals surface area contributed by atoms with Gasteiger partial charge < -0.3 is 14.2 Å². The van der Waals surface area contributed by atoms with Crippen LogP contribution in [0.1, 0.15) is 22.8 Å². The maximum absolute atomic E-state index is 12.3. The molecule has 0 bridgehead atoms. The Morgan fingerprint density at radius 1 is 0.960 bits per heavy atom. The molecule has 25 heavy (non-hydrogen) atoms. The molecule has 5 nitrogen and oxygen atoms in total. The summed E-state index contributed by atoms with van der Waals surface area (Å²) in [4.78, 5) is 24.2. The molecular formula is C20H20O5. The molecule has 0 radical (unpaired) electrons.